The quantitative estimate of drug-likeness (QED) is 0.232. The second kappa shape index (κ2) is 9.28. The molecule has 0 radical (unpaired) electrons. The molecule has 0 saturated carbocycles. The molecule has 0 bridgehead atoms. The number of amides is 2. The van der Waals surface area contributed by atoms with Crippen LogP contribution in [0.15, 0.2) is 42.3 Å². The predicted molar refractivity (Wildman–Crippen MR) is 122 cm³/mol. The summed E-state index contributed by atoms with van der Waals surface area (Å²) in [6.45, 7) is 7.19. The number of aliphatic hydroxyl groups is 1. The van der Waals surface area contributed by atoms with Gasteiger partial charge in [0.25, 0.3) is 5.91 Å². The molecular formula is C24H27N4O5+. The van der Waals surface area contributed by atoms with E-state index in [1.54, 1.807) is 26.0 Å². The van der Waals surface area contributed by atoms with Crippen LogP contribution in [-0.2, 0) is 21.4 Å². The lowest BCUT2D eigenvalue weighted by Crippen LogP contribution is -2.52. The average Bonchev–Trinajstić information content (AvgIpc) is 3.11. The molecule has 1 unspecified atom stereocenters. The largest absolute Gasteiger partial charge is 0.506 e. The van der Waals surface area contributed by atoms with Crippen LogP contribution in [0.4, 0.5) is 0 Å². The Morgan fingerprint density at radius 1 is 1.33 bits per heavy atom. The molecule has 0 spiro atoms. The van der Waals surface area contributed by atoms with Crippen molar-refractivity contribution in [3.05, 3.63) is 58.5 Å². The molecule has 1 fully saturated rings. The molecule has 1 aromatic carbocycles. The van der Waals surface area contributed by atoms with Gasteiger partial charge in [0.15, 0.2) is 4.98 Å². The molecule has 0 aliphatic carbocycles. The number of aliphatic hydroxyl groups excluding tert-OH is 1. The molecule has 1 atom stereocenters. The Bertz CT molecular complexity index is 1220. The number of ether oxygens (including phenoxy) is 1. The summed E-state index contributed by atoms with van der Waals surface area (Å²) in [7, 11) is 1.81. The number of imide groups is 1. The number of hydrogen-bond acceptors (Lipinski definition) is 6. The minimum atomic E-state index is -1.60. The number of carbonyl (C=O) groups is 3. The Labute approximate surface area is 191 Å². The Morgan fingerprint density at radius 3 is 2.64 bits per heavy atom. The first kappa shape index (κ1) is 23.7. The maximum Gasteiger partial charge on any atom is 0.506 e. The van der Waals surface area contributed by atoms with E-state index in [-0.39, 0.29) is 26.0 Å². The van der Waals surface area contributed by atoms with Crippen molar-refractivity contribution in [1.82, 2.24) is 9.47 Å². The van der Waals surface area contributed by atoms with Gasteiger partial charge in [0.2, 0.25) is 17.1 Å². The Balaban J connectivity index is 2.13. The Morgan fingerprint density at radius 2 is 2.03 bits per heavy atom. The fourth-order valence-corrected chi connectivity index (χ4v) is 4.54. The Kier molecular flexibility index (Phi) is 6.68. The molecule has 1 aliphatic heterocycles. The maximum absolute atomic E-state index is 13.7. The van der Waals surface area contributed by atoms with Crippen LogP contribution in [0.5, 0.6) is 0 Å². The van der Waals surface area contributed by atoms with Crippen molar-refractivity contribution in [2.45, 2.75) is 33.1 Å². The van der Waals surface area contributed by atoms with Crippen molar-refractivity contribution in [2.75, 3.05) is 13.2 Å². The topological polar surface area (TPSA) is 117 Å². The monoisotopic (exact) mass is 451 g/mol. The van der Waals surface area contributed by atoms with E-state index in [0.717, 1.165) is 10.4 Å². The number of likely N-dealkylation sites (tertiary alicyclic amines) is 1. The lowest BCUT2D eigenvalue weighted by Gasteiger charge is -2.38. The zero-order valence-electron chi connectivity index (χ0n) is 19.0. The van der Waals surface area contributed by atoms with Gasteiger partial charge in [-0.3, -0.25) is 14.5 Å². The number of benzene rings is 1. The van der Waals surface area contributed by atoms with Crippen LogP contribution in [0.2, 0.25) is 0 Å². The van der Waals surface area contributed by atoms with Crippen LogP contribution >= 0.6 is 0 Å². The third kappa shape index (κ3) is 3.67. The first-order valence-corrected chi connectivity index (χ1v) is 10.8. The third-order valence-electron chi connectivity index (χ3n) is 6.29. The molecule has 1 aromatic heterocycles. The van der Waals surface area contributed by atoms with Crippen LogP contribution in [0.25, 0.3) is 22.0 Å². The van der Waals surface area contributed by atoms with Gasteiger partial charge < -0.3 is 14.4 Å². The highest BCUT2D eigenvalue weighted by molar-refractivity contribution is 6.16. The third-order valence-corrected chi connectivity index (χ3v) is 6.29. The van der Waals surface area contributed by atoms with Crippen molar-refractivity contribution < 1.29 is 24.2 Å². The SMILES string of the molecule is C=Cc1c(C(=O)N2CCCC(CC)(/C(O)=C(\[N+]#N)C(=O)OCC)C2=O)c2ccccc2n1C. The van der Waals surface area contributed by atoms with Crippen molar-refractivity contribution in [1.29, 1.82) is 5.39 Å². The molecule has 1 N–H and O–H groups in total. The average molecular weight is 452 g/mol. The number of rotatable bonds is 6. The highest BCUT2D eigenvalue weighted by Gasteiger charge is 2.53. The molecule has 2 aromatic rings. The van der Waals surface area contributed by atoms with E-state index < -0.39 is 34.7 Å². The molecule has 1 aliphatic rings. The van der Waals surface area contributed by atoms with Crippen LogP contribution in [-0.4, -0.2) is 45.5 Å². The number of carbonyl (C=O) groups excluding carboxylic acids is 3. The van der Waals surface area contributed by atoms with E-state index in [4.69, 9.17) is 4.74 Å². The number of nitrogens with zero attached hydrogens (tertiary/aromatic N) is 4. The summed E-state index contributed by atoms with van der Waals surface area (Å²) in [6.07, 6.45) is 2.23. The summed E-state index contributed by atoms with van der Waals surface area (Å²) in [5, 5.41) is 21.0. The maximum atomic E-state index is 13.7. The first-order valence-electron chi connectivity index (χ1n) is 10.8. The van der Waals surface area contributed by atoms with E-state index in [1.165, 1.54) is 0 Å². The van der Waals surface area contributed by atoms with E-state index in [1.807, 2.05) is 29.8 Å². The van der Waals surface area contributed by atoms with Crippen molar-refractivity contribution >= 4 is 34.8 Å². The summed E-state index contributed by atoms with van der Waals surface area (Å²) < 4.78 is 6.67. The van der Waals surface area contributed by atoms with Gasteiger partial charge in [-0.1, -0.05) is 31.7 Å². The van der Waals surface area contributed by atoms with E-state index in [2.05, 4.69) is 11.6 Å². The van der Waals surface area contributed by atoms with E-state index in [9.17, 15) is 24.9 Å². The smallest absolute Gasteiger partial charge is 0.504 e. The van der Waals surface area contributed by atoms with Gasteiger partial charge in [-0.15, -0.1) is 0 Å². The van der Waals surface area contributed by atoms with Crippen LogP contribution in [0.1, 0.15) is 49.2 Å². The second-order valence-electron chi connectivity index (χ2n) is 7.86. The zero-order valence-corrected chi connectivity index (χ0v) is 19.0. The minimum Gasteiger partial charge on any atom is -0.504 e. The van der Waals surface area contributed by atoms with Gasteiger partial charge in [-0.05, 0) is 38.3 Å². The second-order valence-corrected chi connectivity index (χ2v) is 7.86. The standard InChI is InChI=1S/C24H26N4O5/c1-5-16-18(15-11-8-9-12-17(15)27(16)4)21(30)28-14-10-13-24(6-2,23(28)32)20(29)19(26-25)22(31)33-7-3/h5,8-9,11-12H,1,6-7,10,13-14H2,2-4H3/p+1. The highest BCUT2D eigenvalue weighted by Crippen LogP contribution is 2.43. The first-order chi connectivity index (χ1) is 15.8. The Hall–Kier alpha value is -3.93. The minimum absolute atomic E-state index is 0.00573. The van der Waals surface area contributed by atoms with Gasteiger partial charge in [0, 0.05) is 24.5 Å². The number of aromatic nitrogens is 1. The fourth-order valence-electron chi connectivity index (χ4n) is 4.54. The molecule has 2 amide bonds. The summed E-state index contributed by atoms with van der Waals surface area (Å²) >= 11 is 0. The number of aryl methyl sites for hydroxylation is 1. The van der Waals surface area contributed by atoms with E-state index in [0.29, 0.717) is 23.1 Å². The number of fused-ring (bicyclic) bond motifs is 1. The number of para-hydroxylation sites is 1. The summed E-state index contributed by atoms with van der Waals surface area (Å²) in [6, 6.07) is 7.34. The molecule has 9 heteroatoms. The lowest BCUT2D eigenvalue weighted by molar-refractivity contribution is -0.143. The predicted octanol–water partition coefficient (Wildman–Crippen LogP) is 4.17. The summed E-state index contributed by atoms with van der Waals surface area (Å²) in [4.78, 5) is 43.6. The van der Waals surface area contributed by atoms with E-state index >= 15 is 0 Å². The van der Waals surface area contributed by atoms with Gasteiger partial charge in [-0.25, -0.2) is 4.79 Å². The van der Waals surface area contributed by atoms with Crippen LogP contribution in [0, 0.1) is 10.8 Å². The molecule has 2 heterocycles. The van der Waals surface area contributed by atoms with Crippen molar-refractivity contribution in [3.8, 4) is 0 Å². The normalized spacial score (nSPS) is 19.1. The zero-order chi connectivity index (χ0) is 24.3. The molecule has 9 nitrogen and oxygen atoms in total. The number of esters is 1. The van der Waals surface area contributed by atoms with Crippen molar-refractivity contribution in [3.63, 3.8) is 0 Å². The highest BCUT2D eigenvalue weighted by atomic mass is 16.5. The number of hydrogen-bond donors (Lipinski definition) is 1. The van der Waals surface area contributed by atoms with Gasteiger partial charge in [0.1, 0.15) is 5.41 Å². The van der Waals surface area contributed by atoms with Gasteiger partial charge in [-0.2, -0.15) is 0 Å². The molecule has 1 saturated heterocycles. The number of piperidine rings is 1. The molecule has 172 valence electrons. The molecule has 33 heavy (non-hydrogen) atoms. The van der Waals surface area contributed by atoms with Crippen LogP contribution < -0.4 is 0 Å². The summed E-state index contributed by atoms with van der Waals surface area (Å²) in [5.41, 5.74) is -0.615. The molecule has 3 rings (SSSR count). The molecular weight excluding hydrogens is 424 g/mol. The van der Waals surface area contributed by atoms with Crippen LogP contribution in [0.3, 0.4) is 0 Å². The van der Waals surface area contributed by atoms with Gasteiger partial charge >= 0.3 is 11.7 Å². The van der Waals surface area contributed by atoms with Crippen molar-refractivity contribution in [2.24, 2.45) is 12.5 Å². The fraction of sp³-hybridized carbons (Fsp3) is 0.375. The number of diazo groups is 1. The summed E-state index contributed by atoms with van der Waals surface area (Å²) in [5.74, 6) is -2.93. The lowest BCUT2D eigenvalue weighted by atomic mass is 9.74. The van der Waals surface area contributed by atoms with Gasteiger partial charge in [0.05, 0.1) is 17.9 Å².